The van der Waals surface area contributed by atoms with Crippen LogP contribution >= 0.6 is 0 Å². The number of rotatable bonds is 4. The van der Waals surface area contributed by atoms with Gasteiger partial charge in [-0.05, 0) is 5.56 Å². The Kier molecular flexibility index (Phi) is 3.44. The summed E-state index contributed by atoms with van der Waals surface area (Å²) >= 11 is 0. The molecule has 2 aromatic rings. The summed E-state index contributed by atoms with van der Waals surface area (Å²) in [5, 5.41) is 0. The Bertz CT molecular complexity index is 755. The van der Waals surface area contributed by atoms with Gasteiger partial charge >= 0.3 is 5.69 Å². The van der Waals surface area contributed by atoms with Crippen LogP contribution in [0.25, 0.3) is 11.3 Å². The lowest BCUT2D eigenvalue weighted by Gasteiger charge is -2.03. The first-order valence-electron chi connectivity index (χ1n) is 5.64. The van der Waals surface area contributed by atoms with Gasteiger partial charge in [0.2, 0.25) is 10.0 Å². The Morgan fingerprint density at radius 2 is 1.89 bits per heavy atom. The van der Waals surface area contributed by atoms with Gasteiger partial charge in [-0.1, -0.05) is 36.4 Å². The van der Waals surface area contributed by atoms with Crippen LogP contribution in [0.15, 0.2) is 54.0 Å². The highest BCUT2D eigenvalue weighted by Crippen LogP contribution is 2.18. The van der Waals surface area contributed by atoms with Crippen molar-refractivity contribution < 1.29 is 8.42 Å². The molecule has 0 unspecified atom stereocenters. The van der Waals surface area contributed by atoms with Crippen LogP contribution in [0.3, 0.4) is 0 Å². The van der Waals surface area contributed by atoms with E-state index in [0.717, 1.165) is 15.8 Å². The molecule has 5 nitrogen and oxygen atoms in total. The van der Waals surface area contributed by atoms with Crippen LogP contribution in [0, 0.1) is 0 Å². The summed E-state index contributed by atoms with van der Waals surface area (Å²) in [6.07, 6.45) is 3.90. The molecule has 0 spiro atoms. The molecule has 0 N–H and O–H groups in total. The van der Waals surface area contributed by atoms with Crippen molar-refractivity contribution in [1.82, 2.24) is 8.54 Å². The summed E-state index contributed by atoms with van der Waals surface area (Å²) in [6.45, 7) is 3.84. The molecule has 0 fully saturated rings. The van der Waals surface area contributed by atoms with Gasteiger partial charge in [-0.25, -0.2) is 13.2 Å². The van der Waals surface area contributed by atoms with Gasteiger partial charge in [0.25, 0.3) is 0 Å². The van der Waals surface area contributed by atoms with Crippen molar-refractivity contribution in [3.05, 3.63) is 59.7 Å². The standard InChI is InChI=1S/C13H14N2O3S/c1-3-9-14-12(11-7-5-4-6-8-11)10-15(13(14)16)19(2,17)18/h3-8,10H,1,9H2,2H3. The van der Waals surface area contributed by atoms with Gasteiger partial charge in [-0.3, -0.25) is 4.57 Å². The lowest BCUT2D eigenvalue weighted by Crippen LogP contribution is -2.28. The van der Waals surface area contributed by atoms with Crippen molar-refractivity contribution in [3.8, 4) is 11.3 Å². The Balaban J connectivity index is 2.74. The number of benzene rings is 1. The Morgan fingerprint density at radius 3 is 2.42 bits per heavy atom. The fraction of sp³-hybridized carbons (Fsp3) is 0.154. The van der Waals surface area contributed by atoms with Gasteiger partial charge in [0.15, 0.2) is 0 Å². The van der Waals surface area contributed by atoms with Gasteiger partial charge in [0, 0.05) is 6.54 Å². The first kappa shape index (κ1) is 13.4. The van der Waals surface area contributed by atoms with E-state index < -0.39 is 15.7 Å². The van der Waals surface area contributed by atoms with Crippen molar-refractivity contribution in [1.29, 1.82) is 0 Å². The highest BCUT2D eigenvalue weighted by atomic mass is 32.2. The van der Waals surface area contributed by atoms with Crippen LogP contribution in [0.1, 0.15) is 0 Å². The predicted molar refractivity (Wildman–Crippen MR) is 74.6 cm³/mol. The largest absolute Gasteiger partial charge is 0.342 e. The van der Waals surface area contributed by atoms with Crippen LogP contribution < -0.4 is 5.69 Å². The molecule has 0 atom stereocenters. The summed E-state index contributed by atoms with van der Waals surface area (Å²) in [6, 6.07) is 9.15. The summed E-state index contributed by atoms with van der Waals surface area (Å²) < 4.78 is 25.3. The number of nitrogens with zero attached hydrogens (tertiary/aromatic N) is 2. The average Bonchev–Trinajstić information content (AvgIpc) is 2.69. The lowest BCUT2D eigenvalue weighted by molar-refractivity contribution is 0.589. The van der Waals surface area contributed by atoms with Crippen LogP contribution in [-0.4, -0.2) is 23.2 Å². The van der Waals surface area contributed by atoms with E-state index in [1.165, 1.54) is 10.8 Å². The number of hydrogen-bond donors (Lipinski definition) is 0. The number of imidazole rings is 1. The maximum atomic E-state index is 12.1. The zero-order valence-electron chi connectivity index (χ0n) is 10.5. The van der Waals surface area contributed by atoms with E-state index in [0.29, 0.717) is 5.69 Å². The molecule has 0 aliphatic rings. The molecule has 0 saturated heterocycles. The van der Waals surface area contributed by atoms with Gasteiger partial charge in [0.05, 0.1) is 18.1 Å². The summed E-state index contributed by atoms with van der Waals surface area (Å²) in [4.78, 5) is 12.1. The maximum Gasteiger partial charge on any atom is 0.342 e. The molecule has 0 radical (unpaired) electrons. The third kappa shape index (κ3) is 2.53. The highest BCUT2D eigenvalue weighted by Gasteiger charge is 2.17. The first-order chi connectivity index (χ1) is 8.95. The minimum absolute atomic E-state index is 0.256. The third-order valence-electron chi connectivity index (χ3n) is 2.69. The monoisotopic (exact) mass is 278 g/mol. The van der Waals surface area contributed by atoms with Crippen molar-refractivity contribution in [2.75, 3.05) is 6.26 Å². The minimum Gasteiger partial charge on any atom is -0.287 e. The molecule has 0 bridgehead atoms. The van der Waals surface area contributed by atoms with E-state index in [9.17, 15) is 13.2 Å². The second-order valence-electron chi connectivity index (χ2n) is 4.12. The SMILES string of the molecule is C=CCn1c(-c2ccccc2)cn(S(C)(=O)=O)c1=O. The smallest absolute Gasteiger partial charge is 0.287 e. The van der Waals surface area contributed by atoms with E-state index in [-0.39, 0.29) is 6.54 Å². The van der Waals surface area contributed by atoms with Crippen molar-refractivity contribution in [3.63, 3.8) is 0 Å². The summed E-state index contributed by atoms with van der Waals surface area (Å²) in [7, 11) is -3.61. The van der Waals surface area contributed by atoms with Crippen molar-refractivity contribution in [2.24, 2.45) is 0 Å². The highest BCUT2D eigenvalue weighted by molar-refractivity contribution is 7.89. The van der Waals surface area contributed by atoms with E-state index in [2.05, 4.69) is 6.58 Å². The summed E-state index contributed by atoms with van der Waals surface area (Å²) in [5.41, 5.74) is 0.751. The molecule has 2 rings (SSSR count). The van der Waals surface area contributed by atoms with Crippen LogP contribution in [-0.2, 0) is 16.6 Å². The molecule has 1 aromatic carbocycles. The minimum atomic E-state index is -3.61. The number of hydrogen-bond acceptors (Lipinski definition) is 3. The molecule has 1 aromatic heterocycles. The topological polar surface area (TPSA) is 61.1 Å². The molecule has 0 saturated carbocycles. The molecular weight excluding hydrogens is 264 g/mol. The fourth-order valence-corrected chi connectivity index (χ4v) is 2.51. The number of aromatic nitrogens is 2. The maximum absolute atomic E-state index is 12.1. The first-order valence-corrected chi connectivity index (χ1v) is 7.49. The summed E-state index contributed by atoms with van der Waals surface area (Å²) in [5.74, 6) is 0. The lowest BCUT2D eigenvalue weighted by atomic mass is 10.2. The van der Waals surface area contributed by atoms with Gasteiger partial charge in [-0.15, -0.1) is 6.58 Å². The predicted octanol–water partition coefficient (Wildman–Crippen LogP) is 1.31. The van der Waals surface area contributed by atoms with E-state index >= 15 is 0 Å². The zero-order valence-corrected chi connectivity index (χ0v) is 11.3. The van der Waals surface area contributed by atoms with E-state index in [4.69, 9.17) is 0 Å². The van der Waals surface area contributed by atoms with E-state index in [1.54, 1.807) is 6.08 Å². The van der Waals surface area contributed by atoms with Gasteiger partial charge in [0.1, 0.15) is 0 Å². The van der Waals surface area contributed by atoms with Gasteiger partial charge in [-0.2, -0.15) is 3.97 Å². The zero-order chi connectivity index (χ0) is 14.0. The Hall–Kier alpha value is -2.08. The molecule has 6 heteroatoms. The van der Waals surface area contributed by atoms with Crippen LogP contribution in [0.5, 0.6) is 0 Å². The quantitative estimate of drug-likeness (QED) is 0.792. The van der Waals surface area contributed by atoms with Gasteiger partial charge < -0.3 is 0 Å². The molecule has 1 heterocycles. The van der Waals surface area contributed by atoms with Crippen molar-refractivity contribution in [2.45, 2.75) is 6.54 Å². The number of allylic oxidation sites excluding steroid dienone is 1. The molecule has 100 valence electrons. The normalized spacial score (nSPS) is 11.4. The third-order valence-corrected chi connectivity index (χ3v) is 3.66. The van der Waals surface area contributed by atoms with Crippen LogP contribution in [0.2, 0.25) is 0 Å². The van der Waals surface area contributed by atoms with Crippen molar-refractivity contribution >= 4 is 10.0 Å². The average molecular weight is 278 g/mol. The van der Waals surface area contributed by atoms with E-state index in [1.807, 2.05) is 30.3 Å². The molecule has 0 aliphatic heterocycles. The molecule has 19 heavy (non-hydrogen) atoms. The molecule has 0 amide bonds. The Labute approximate surface area is 111 Å². The fourth-order valence-electron chi connectivity index (χ4n) is 1.84. The second kappa shape index (κ2) is 4.89. The van der Waals surface area contributed by atoms with Crippen LogP contribution in [0.4, 0.5) is 0 Å². The molecular formula is C13H14N2O3S. The second-order valence-corrected chi connectivity index (χ2v) is 5.98. The molecule has 0 aliphatic carbocycles. The Morgan fingerprint density at radius 1 is 1.26 bits per heavy atom.